The number of anilines is 1. The van der Waals surface area contributed by atoms with Gasteiger partial charge in [0.1, 0.15) is 0 Å². The lowest BCUT2D eigenvalue weighted by Crippen LogP contribution is -2.52. The lowest BCUT2D eigenvalue weighted by atomic mass is 10.1. The van der Waals surface area contributed by atoms with E-state index in [1.165, 1.54) is 11.8 Å². The van der Waals surface area contributed by atoms with Crippen LogP contribution in [0.4, 0.5) is 5.69 Å². The molecule has 0 bridgehead atoms. The first-order valence-electron chi connectivity index (χ1n) is 7.31. The van der Waals surface area contributed by atoms with E-state index in [0.29, 0.717) is 0 Å². The normalized spacial score (nSPS) is 21.0. The van der Waals surface area contributed by atoms with Gasteiger partial charge in [0.25, 0.3) is 0 Å². The number of hydrogen-bond acceptors (Lipinski definition) is 4. The van der Waals surface area contributed by atoms with Crippen molar-refractivity contribution in [2.24, 2.45) is 0 Å². The van der Waals surface area contributed by atoms with Crippen molar-refractivity contribution < 1.29 is 9.59 Å². The molecule has 1 aliphatic rings. The largest absolute Gasteiger partial charge is 0.348 e. The lowest BCUT2D eigenvalue weighted by molar-refractivity contribution is -0.130. The fraction of sp³-hybridized carbons (Fsp3) is 0.235. The minimum atomic E-state index is -1.20. The standard InChI is InChI=1S/C17H17N3O2S/c1-11(12-7-9-18-10-8-12)19-15(21)17(2)16(22)20-13-5-3-4-6-14(13)23-17/h3-11H,1-2H3,(H,19,21)(H,20,22)/t11-,17-/m1/s1. The fourth-order valence-corrected chi connectivity index (χ4v) is 3.50. The van der Waals surface area contributed by atoms with Gasteiger partial charge in [0.2, 0.25) is 11.8 Å². The Labute approximate surface area is 138 Å². The first kappa shape index (κ1) is 15.6. The van der Waals surface area contributed by atoms with Gasteiger partial charge >= 0.3 is 0 Å². The summed E-state index contributed by atoms with van der Waals surface area (Å²) in [7, 11) is 0. The number of carbonyl (C=O) groups is 2. The third kappa shape index (κ3) is 2.94. The summed E-state index contributed by atoms with van der Waals surface area (Å²) in [6, 6.07) is 11.0. The molecule has 5 nitrogen and oxygen atoms in total. The summed E-state index contributed by atoms with van der Waals surface area (Å²) in [6.45, 7) is 3.54. The van der Waals surface area contributed by atoms with Crippen LogP contribution >= 0.6 is 11.8 Å². The quantitative estimate of drug-likeness (QED) is 0.851. The number of carbonyl (C=O) groups excluding carboxylic acids is 2. The van der Waals surface area contributed by atoms with Crippen LogP contribution in [-0.4, -0.2) is 21.5 Å². The number of nitrogens with one attached hydrogen (secondary N) is 2. The molecule has 1 aromatic heterocycles. The minimum Gasteiger partial charge on any atom is -0.348 e. The molecular weight excluding hydrogens is 310 g/mol. The molecule has 23 heavy (non-hydrogen) atoms. The second-order valence-corrected chi connectivity index (χ2v) is 7.02. The number of rotatable bonds is 3. The van der Waals surface area contributed by atoms with Gasteiger partial charge in [-0.05, 0) is 43.7 Å². The van der Waals surface area contributed by atoms with Crippen LogP contribution in [0.3, 0.4) is 0 Å². The molecule has 0 fully saturated rings. The zero-order valence-electron chi connectivity index (χ0n) is 12.9. The topological polar surface area (TPSA) is 71.1 Å². The number of aromatic nitrogens is 1. The number of nitrogens with zero attached hydrogens (tertiary/aromatic N) is 1. The first-order chi connectivity index (χ1) is 11.0. The Morgan fingerprint density at radius 3 is 2.70 bits per heavy atom. The van der Waals surface area contributed by atoms with E-state index in [9.17, 15) is 9.59 Å². The van der Waals surface area contributed by atoms with Crippen LogP contribution in [0.1, 0.15) is 25.5 Å². The van der Waals surface area contributed by atoms with Gasteiger partial charge in [-0.25, -0.2) is 0 Å². The molecule has 0 spiro atoms. The molecule has 0 aliphatic carbocycles. The predicted octanol–water partition coefficient (Wildman–Crippen LogP) is 2.76. The average molecular weight is 327 g/mol. The van der Waals surface area contributed by atoms with E-state index >= 15 is 0 Å². The van der Waals surface area contributed by atoms with Crippen LogP contribution in [0.15, 0.2) is 53.7 Å². The maximum Gasteiger partial charge on any atom is 0.250 e. The summed E-state index contributed by atoms with van der Waals surface area (Å²) in [5.41, 5.74) is 1.69. The highest BCUT2D eigenvalue weighted by atomic mass is 32.2. The number of hydrogen-bond donors (Lipinski definition) is 2. The van der Waals surface area contributed by atoms with Gasteiger partial charge in [0.15, 0.2) is 4.75 Å². The highest BCUT2D eigenvalue weighted by molar-refractivity contribution is 8.02. The molecule has 1 aromatic carbocycles. The minimum absolute atomic E-state index is 0.201. The van der Waals surface area contributed by atoms with E-state index in [-0.39, 0.29) is 17.9 Å². The molecule has 118 valence electrons. The third-order valence-corrected chi connectivity index (χ3v) is 5.22. The number of benzene rings is 1. The third-order valence-electron chi connectivity index (χ3n) is 3.87. The highest BCUT2D eigenvalue weighted by Crippen LogP contribution is 2.42. The maximum atomic E-state index is 12.7. The van der Waals surface area contributed by atoms with E-state index in [2.05, 4.69) is 15.6 Å². The van der Waals surface area contributed by atoms with Gasteiger partial charge in [-0.3, -0.25) is 14.6 Å². The molecule has 2 amide bonds. The van der Waals surface area contributed by atoms with Crippen molar-refractivity contribution >= 4 is 29.3 Å². The molecule has 2 N–H and O–H groups in total. The Bertz CT molecular complexity index is 751. The van der Waals surface area contributed by atoms with E-state index in [1.807, 2.05) is 43.3 Å². The van der Waals surface area contributed by atoms with Crippen LogP contribution in [0.5, 0.6) is 0 Å². The first-order valence-corrected chi connectivity index (χ1v) is 8.13. The Balaban J connectivity index is 1.80. The predicted molar refractivity (Wildman–Crippen MR) is 90.1 cm³/mol. The number of fused-ring (bicyclic) bond motifs is 1. The molecule has 3 rings (SSSR count). The van der Waals surface area contributed by atoms with Gasteiger partial charge in [-0.1, -0.05) is 23.9 Å². The van der Waals surface area contributed by atoms with E-state index < -0.39 is 4.75 Å². The number of para-hydroxylation sites is 1. The molecule has 0 saturated heterocycles. The van der Waals surface area contributed by atoms with E-state index in [0.717, 1.165) is 16.1 Å². The van der Waals surface area contributed by atoms with Crippen LogP contribution in [0.2, 0.25) is 0 Å². The van der Waals surface area contributed by atoms with Crippen molar-refractivity contribution in [3.63, 3.8) is 0 Å². The second kappa shape index (κ2) is 6.04. The van der Waals surface area contributed by atoms with Crippen molar-refractivity contribution in [3.8, 4) is 0 Å². The Hall–Kier alpha value is -2.34. The van der Waals surface area contributed by atoms with Crippen molar-refractivity contribution in [1.29, 1.82) is 0 Å². The maximum absolute atomic E-state index is 12.7. The summed E-state index contributed by atoms with van der Waals surface area (Å²) < 4.78 is -1.20. The van der Waals surface area contributed by atoms with Gasteiger partial charge in [0, 0.05) is 17.3 Å². The Morgan fingerprint density at radius 1 is 1.26 bits per heavy atom. The zero-order valence-corrected chi connectivity index (χ0v) is 13.7. The van der Waals surface area contributed by atoms with Gasteiger partial charge in [0.05, 0.1) is 11.7 Å². The summed E-state index contributed by atoms with van der Waals surface area (Å²) >= 11 is 1.28. The van der Waals surface area contributed by atoms with Gasteiger partial charge in [-0.2, -0.15) is 0 Å². The smallest absolute Gasteiger partial charge is 0.250 e. The van der Waals surface area contributed by atoms with E-state index in [1.54, 1.807) is 19.3 Å². The zero-order chi connectivity index (χ0) is 16.4. The lowest BCUT2D eigenvalue weighted by Gasteiger charge is -2.32. The molecule has 6 heteroatoms. The SMILES string of the molecule is C[C@@H](NC(=O)[C@@]1(C)Sc2ccccc2NC1=O)c1ccncc1. The van der Waals surface area contributed by atoms with Crippen molar-refractivity contribution in [2.75, 3.05) is 5.32 Å². The van der Waals surface area contributed by atoms with Gasteiger partial charge in [-0.15, -0.1) is 0 Å². The van der Waals surface area contributed by atoms with Crippen molar-refractivity contribution in [1.82, 2.24) is 10.3 Å². The molecule has 2 aromatic rings. The average Bonchev–Trinajstić information content (AvgIpc) is 2.56. The molecular formula is C17H17N3O2S. The van der Waals surface area contributed by atoms with Crippen LogP contribution in [-0.2, 0) is 9.59 Å². The van der Waals surface area contributed by atoms with Gasteiger partial charge < -0.3 is 10.6 Å². The molecule has 0 unspecified atom stereocenters. The molecule has 0 saturated carbocycles. The molecule has 2 heterocycles. The highest BCUT2D eigenvalue weighted by Gasteiger charge is 2.46. The summed E-state index contributed by atoms with van der Waals surface area (Å²) in [6.07, 6.45) is 3.36. The monoisotopic (exact) mass is 327 g/mol. The van der Waals surface area contributed by atoms with Crippen LogP contribution < -0.4 is 10.6 Å². The summed E-state index contributed by atoms with van der Waals surface area (Å²) in [4.78, 5) is 30.0. The van der Waals surface area contributed by atoms with Crippen molar-refractivity contribution in [2.45, 2.75) is 29.5 Å². The second-order valence-electron chi connectivity index (χ2n) is 5.56. The number of amides is 2. The molecule has 2 atom stereocenters. The molecule has 1 aliphatic heterocycles. The Morgan fingerprint density at radius 2 is 1.96 bits per heavy atom. The fourth-order valence-electron chi connectivity index (χ4n) is 2.39. The van der Waals surface area contributed by atoms with Crippen LogP contribution in [0, 0.1) is 0 Å². The number of pyridine rings is 1. The number of thioether (sulfide) groups is 1. The molecule has 0 radical (unpaired) electrons. The van der Waals surface area contributed by atoms with Crippen molar-refractivity contribution in [3.05, 3.63) is 54.4 Å². The summed E-state index contributed by atoms with van der Waals surface area (Å²) in [5, 5.41) is 5.73. The Kier molecular flexibility index (Phi) is 4.09. The van der Waals surface area contributed by atoms with E-state index in [4.69, 9.17) is 0 Å². The summed E-state index contributed by atoms with van der Waals surface area (Å²) in [5.74, 6) is -0.612. The van der Waals surface area contributed by atoms with Crippen LogP contribution in [0.25, 0.3) is 0 Å².